The Morgan fingerprint density at radius 3 is 1.02 bits per heavy atom. The molecule has 9 aromatic rings. The Kier molecular flexibility index (Phi) is 33.9. The van der Waals surface area contributed by atoms with Gasteiger partial charge in [0.25, 0.3) is 46.8 Å². The summed E-state index contributed by atoms with van der Waals surface area (Å²) in [7, 11) is -7.41. The molecule has 47 heteroatoms. The number of benzene rings is 6. The van der Waals surface area contributed by atoms with E-state index >= 15 is 0 Å². The molecule has 0 saturated heterocycles. The second-order valence-corrected chi connectivity index (χ2v) is 37.4. The molecule has 658 valence electrons. The Morgan fingerprint density at radius 1 is 0.508 bits per heavy atom. The number of ether oxygens (including phenoxy) is 1. The number of anilines is 6. The quantitative estimate of drug-likeness (QED) is 0.0231. The third-order valence-corrected chi connectivity index (χ3v) is 23.6. The normalized spacial score (nSPS) is 16.8. The molecule has 3 aliphatic rings. The molecule has 0 aliphatic carbocycles. The van der Waals surface area contributed by atoms with E-state index in [0.29, 0.717) is 43.5 Å². The van der Waals surface area contributed by atoms with Gasteiger partial charge in [-0.05, 0) is 170 Å². The van der Waals surface area contributed by atoms with Crippen molar-refractivity contribution in [1.82, 2.24) is 43.4 Å². The van der Waals surface area contributed by atoms with Crippen LogP contribution < -0.4 is 52.4 Å². The molecule has 3 aromatic heterocycles. The lowest BCUT2D eigenvalue weighted by Gasteiger charge is -2.27. The van der Waals surface area contributed by atoms with E-state index < -0.39 is 117 Å². The smallest absolute Gasteiger partial charge is 0.323 e. The minimum absolute atomic E-state index is 0. The van der Waals surface area contributed by atoms with Crippen LogP contribution in [0.4, 0.5) is 34.9 Å². The molecule has 0 spiro atoms. The summed E-state index contributed by atoms with van der Waals surface area (Å²) in [6.45, 7) is 13.7. The van der Waals surface area contributed by atoms with Gasteiger partial charge in [0, 0.05) is 60.1 Å². The summed E-state index contributed by atoms with van der Waals surface area (Å²) in [6.07, 6.45) is 3.46. The van der Waals surface area contributed by atoms with Gasteiger partial charge < -0.3 is 38.1 Å². The average Bonchev–Trinajstić information content (AvgIpc) is 1.63. The van der Waals surface area contributed by atoms with Crippen molar-refractivity contribution in [2.75, 3.05) is 27.8 Å². The summed E-state index contributed by atoms with van der Waals surface area (Å²) in [5.74, 6) is -5.14. The summed E-state index contributed by atoms with van der Waals surface area (Å²) in [5, 5.41) is 39.2. The molecule has 35 nitrogen and oxygen atoms in total. The molecule has 124 heavy (non-hydrogen) atoms. The van der Waals surface area contributed by atoms with E-state index in [4.69, 9.17) is 118 Å². The van der Waals surface area contributed by atoms with Crippen LogP contribution in [-0.4, -0.2) is 143 Å². The zero-order valence-electron chi connectivity index (χ0n) is 66.6. The van der Waals surface area contributed by atoms with Crippen LogP contribution in [0, 0.1) is 34.0 Å². The average molecular weight is 1940 g/mol. The van der Waals surface area contributed by atoms with E-state index in [1.54, 1.807) is 100 Å². The number of imidazole rings is 3. The van der Waals surface area contributed by atoms with Crippen LogP contribution in [-0.2, 0) is 108 Å². The van der Waals surface area contributed by atoms with Gasteiger partial charge in [-0.25, -0.2) is 54.9 Å². The van der Waals surface area contributed by atoms with Crippen LogP contribution in [0.1, 0.15) is 95.7 Å². The number of aromatic nitrogens is 6. The highest BCUT2D eigenvalue weighted by Crippen LogP contribution is 2.49. The summed E-state index contributed by atoms with van der Waals surface area (Å²) < 4.78 is 91.1. The number of fused-ring (bicyclic) bond motifs is 3. The number of hydrogen-bond donors (Lipinski definition) is 8. The molecule has 0 bridgehead atoms. The molecule has 6 atom stereocenters. The maximum absolute atomic E-state index is 14.1. The Morgan fingerprint density at radius 2 is 0.782 bits per heavy atom. The second-order valence-electron chi connectivity index (χ2n) is 28.9. The molecule has 6 amide bonds. The van der Waals surface area contributed by atoms with E-state index in [-0.39, 0.29) is 121 Å². The lowest BCUT2D eigenvalue weighted by molar-refractivity contribution is -0.156. The Labute approximate surface area is 758 Å². The number of nitriles is 3. The first kappa shape index (κ1) is 102. The molecule has 0 fully saturated rings. The highest BCUT2D eigenvalue weighted by molar-refractivity contribution is 8.13. The molecular weight excluding hydrogens is 1860 g/mol. The lowest BCUT2D eigenvalue weighted by Crippen LogP contribution is -2.48. The number of carbonyl (C=O) groups excluding carboxylic acids is 7. The van der Waals surface area contributed by atoms with Crippen LogP contribution in [0.25, 0.3) is 0 Å². The Hall–Kier alpha value is -10.5. The number of esters is 1. The van der Waals surface area contributed by atoms with Crippen molar-refractivity contribution in [3.8, 4) is 18.2 Å². The maximum Gasteiger partial charge on any atom is 0.323 e. The van der Waals surface area contributed by atoms with Crippen LogP contribution >= 0.6 is 105 Å². The van der Waals surface area contributed by atoms with Crippen molar-refractivity contribution in [2.45, 2.75) is 137 Å². The van der Waals surface area contributed by atoms with Gasteiger partial charge >= 0.3 is 11.9 Å². The number of sulfonamides is 2. The van der Waals surface area contributed by atoms with Crippen LogP contribution in [0.2, 0.25) is 30.1 Å². The number of carboxylic acids is 1. The number of amides is 6. The van der Waals surface area contributed by atoms with Gasteiger partial charge in [0.1, 0.15) is 34.3 Å². The highest BCUT2D eigenvalue weighted by atomic mass is 35.7. The van der Waals surface area contributed by atoms with Crippen molar-refractivity contribution >= 4 is 216 Å². The van der Waals surface area contributed by atoms with E-state index in [1.807, 2.05) is 39.0 Å². The number of primary amides is 2. The highest BCUT2D eigenvalue weighted by Gasteiger charge is 2.55. The number of nitrogens with one attached hydrogen (secondary N) is 3. The van der Waals surface area contributed by atoms with Gasteiger partial charge in [0.15, 0.2) is 15.1 Å². The van der Waals surface area contributed by atoms with Gasteiger partial charge in [-0.3, -0.25) is 52.1 Å². The summed E-state index contributed by atoms with van der Waals surface area (Å²) >= 11 is 36.9. The van der Waals surface area contributed by atoms with Gasteiger partial charge in [-0.15, -0.1) is 24.8 Å². The van der Waals surface area contributed by atoms with Gasteiger partial charge in [-0.1, -0.05) is 106 Å². The van der Waals surface area contributed by atoms with Crippen LogP contribution in [0.3, 0.4) is 0 Å². The third kappa shape index (κ3) is 23.7. The third-order valence-electron chi connectivity index (χ3n) is 18.1. The first-order valence-electron chi connectivity index (χ1n) is 35.7. The number of nitrogens with two attached hydrogens (primary N) is 4. The van der Waals surface area contributed by atoms with Crippen molar-refractivity contribution in [2.24, 2.45) is 22.9 Å². The minimum atomic E-state index is -4.45. The number of carbonyl (C=O) groups is 8. The molecular formula is C77H78Cl9N19O16S3. The topological polar surface area (TPSA) is 543 Å². The predicted molar refractivity (Wildman–Crippen MR) is 468 cm³/mol. The van der Waals surface area contributed by atoms with Crippen molar-refractivity contribution in [1.29, 1.82) is 15.8 Å². The van der Waals surface area contributed by atoms with E-state index in [2.05, 4.69) is 35.4 Å². The molecule has 0 radical (unpaired) electrons. The van der Waals surface area contributed by atoms with E-state index in [0.717, 1.165) is 24.2 Å². The maximum atomic E-state index is 14.1. The Bertz CT molecular complexity index is 6060. The monoisotopic (exact) mass is 1940 g/mol. The van der Waals surface area contributed by atoms with E-state index in [1.165, 1.54) is 96.8 Å². The molecule has 6 aromatic carbocycles. The van der Waals surface area contributed by atoms with Gasteiger partial charge in [-0.2, -0.15) is 25.2 Å². The first-order chi connectivity index (χ1) is 56.8. The molecule has 0 saturated carbocycles. The van der Waals surface area contributed by atoms with Crippen molar-refractivity contribution < 1.29 is 73.5 Å². The lowest BCUT2D eigenvalue weighted by atomic mass is 9.91. The summed E-state index contributed by atoms with van der Waals surface area (Å²) in [4.78, 5) is 113. The van der Waals surface area contributed by atoms with Gasteiger partial charge in [0.05, 0.1) is 89.7 Å². The number of nitrogens with zero attached hydrogens (tertiary/aromatic N) is 12. The number of rotatable bonds is 22. The predicted octanol–water partition coefficient (Wildman–Crippen LogP) is 9.99. The Balaban J connectivity index is 0.000000264. The molecule has 0 unspecified atom stereocenters. The standard InChI is InChI=1S/C25H23Cl2N7O5S.C23H19Cl2N5O5S.C20H13Cl3N4O3S.C7H15NO2.C2H6N2O.2ClH/c1-14(22(36)30-12-20(29)35)32-40(38,39)21-13-31-24-33(19-8-17(26)7-18(27)9-19)23(37)25(2,34(21)24)10-15-3-5-16(11-28)6-4-15;1-13(20(31)32)28-36(34,35)19-12-27-22-29(18-8-16(24)7-17(25)9-18)21(33)23(2,30(19)22)10-14-3-5-15(11-26)6-4-14;1-20(9-12-2-4-13(10-24)5-3-12)18(28)26(16-7-14(21)6-15(22)8-16)19-25-11-17(27(19)20)31(23,29)30;1-5(8)6(9)10-7(2,3)4;3-1-2(4)5;;/h3-9,13-14,32H,10,12H2,1-2H3,(H2,29,35)(H,30,36);3-9,12-13,28H,10H2,1-2H3,(H,31,32);2-8,11H,9H2,1H3;5H,8H2,1-4H3;1,3H2,(H2,4,5);2*1H/t14-,25+;13-,23+;20-;5-;;;/m0010.../s1. The number of carboxylic acid groups (broad SMARTS) is 1. The van der Waals surface area contributed by atoms with Crippen LogP contribution in [0.15, 0.2) is 161 Å². The number of hydrogen-bond acceptors (Lipinski definition) is 23. The summed E-state index contributed by atoms with van der Waals surface area (Å²) in [6, 6.07) is 36.1. The zero-order chi connectivity index (χ0) is 91.0. The minimum Gasteiger partial charge on any atom is -0.480 e. The molecule has 6 heterocycles. The van der Waals surface area contributed by atoms with E-state index in [9.17, 15) is 68.7 Å². The number of halogens is 9. The molecule has 3 aliphatic heterocycles. The second kappa shape index (κ2) is 41.1. The molecule has 12 N–H and O–H groups in total. The number of aliphatic carboxylic acids is 1. The van der Waals surface area contributed by atoms with Crippen LogP contribution in [0.5, 0.6) is 0 Å². The van der Waals surface area contributed by atoms with Crippen molar-refractivity contribution in [3.63, 3.8) is 0 Å². The fourth-order valence-electron chi connectivity index (χ4n) is 12.5. The SMILES string of the molecule is C[C@@]1(Cc2ccc(C#N)cc2)C(=O)N(c2cc(Cl)cc(Cl)c2)c2ncc(S(=O)(=O)Cl)n21.C[C@H](N)C(=O)OC(C)(C)C.C[C@H](NS(=O)(=O)c1cnc2n1[C@](C)(Cc1ccc(C#N)cc1)C(=O)N2c1cc(Cl)cc(Cl)c1)C(=O)NCC(N)=O.C[C@H](NS(=O)(=O)c1cnc2n1[C@](C)(Cc1ccc(C#N)cc1)C(=O)N2c1cc(Cl)cc(Cl)c1)C(=O)O.Cl.Cl.NCC(N)=O. The zero-order valence-corrected chi connectivity index (χ0v) is 75.9. The largest absolute Gasteiger partial charge is 0.480 e. The molecule has 12 rings (SSSR count). The summed E-state index contributed by atoms with van der Waals surface area (Å²) in [5.41, 5.74) is 19.0. The van der Waals surface area contributed by atoms with Crippen molar-refractivity contribution in [3.05, 3.63) is 210 Å². The fourth-order valence-corrected chi connectivity index (χ4v) is 17.9. The fraction of sp³-hybridized carbons (Fsp3) is 0.273. The first-order valence-corrected chi connectivity index (χ1v) is 43.2. The van der Waals surface area contributed by atoms with Gasteiger partial charge in [0.2, 0.25) is 35.6 Å².